The third-order valence-corrected chi connectivity index (χ3v) is 2.16. The molecule has 0 N–H and O–H groups in total. The molecule has 1 aliphatic rings. The van der Waals surface area contributed by atoms with Crippen LogP contribution in [0.5, 0.6) is 0 Å². The van der Waals surface area contributed by atoms with E-state index in [1.54, 1.807) is 0 Å². The van der Waals surface area contributed by atoms with Crippen molar-refractivity contribution in [3.8, 4) is 0 Å². The molecule has 96 valence electrons. The molecule has 1 aliphatic carbocycles. The van der Waals surface area contributed by atoms with Gasteiger partial charge in [0.2, 0.25) is 0 Å². The van der Waals surface area contributed by atoms with Gasteiger partial charge in [0.15, 0.2) is 0 Å². The van der Waals surface area contributed by atoms with Crippen LogP contribution in [-0.2, 0) is 4.29 Å². The fourth-order valence-electron chi connectivity index (χ4n) is 1.23. The lowest BCUT2D eigenvalue weighted by molar-refractivity contribution is -1.63. The van der Waals surface area contributed by atoms with Crippen molar-refractivity contribution in [2.24, 2.45) is 0 Å². The second kappa shape index (κ2) is 5.33. The minimum atomic E-state index is -2.79. The smallest absolute Gasteiger partial charge is 0.361 e. The van der Waals surface area contributed by atoms with Gasteiger partial charge in [-0.15, -0.1) is 0 Å². The molecule has 12 heteroatoms. The van der Waals surface area contributed by atoms with Gasteiger partial charge in [-0.2, -0.15) is 4.79 Å². The predicted molar refractivity (Wildman–Crippen MR) is 43.7 cm³/mol. The average Bonchev–Trinajstić information content (AvgIpc) is 2.26. The minimum Gasteiger partial charge on any atom is -0.361 e. The van der Waals surface area contributed by atoms with Gasteiger partial charge in [-0.05, 0) is 0 Å². The lowest BCUT2D eigenvalue weighted by Crippen LogP contribution is -2.40. The Morgan fingerprint density at radius 1 is 1.33 bits per heavy atom. The first kappa shape index (κ1) is 13.7. The van der Waals surface area contributed by atoms with Crippen LogP contribution in [0.15, 0.2) is 23.6 Å². The summed E-state index contributed by atoms with van der Waals surface area (Å²) in [7, 11) is -2.79. The molecule has 11 nitrogen and oxygen atoms in total. The Balaban J connectivity index is 3.38. The number of hydrogen-bond donors (Lipinski definition) is 0. The van der Waals surface area contributed by atoms with Gasteiger partial charge in [0.25, 0.3) is 0 Å². The molecule has 0 aromatic heterocycles. The number of nitro groups is 2. The molecule has 0 saturated carbocycles. The largest absolute Gasteiger partial charge is 0.403 e. The van der Waals surface area contributed by atoms with Crippen molar-refractivity contribution in [2.45, 2.75) is 6.04 Å². The van der Waals surface area contributed by atoms with Gasteiger partial charge in [-0.25, -0.2) is 0 Å². The molecular weight excluding hydrogens is 276 g/mol. The highest BCUT2D eigenvalue weighted by Gasteiger charge is 2.52. The Bertz CT molecular complexity index is 506. The summed E-state index contributed by atoms with van der Waals surface area (Å²) >= 11 is 0. The van der Waals surface area contributed by atoms with Crippen molar-refractivity contribution < 1.29 is 39.0 Å². The summed E-state index contributed by atoms with van der Waals surface area (Å²) in [5, 5.41) is 21.4. The summed E-state index contributed by atoms with van der Waals surface area (Å²) < 4.78 is 24.6. The summed E-state index contributed by atoms with van der Waals surface area (Å²) in [5.41, 5.74) is 6.73. The quantitative estimate of drug-likeness (QED) is 0.235. The lowest BCUT2D eigenvalue weighted by Gasteiger charge is -2.06. The molecule has 0 fully saturated rings. The molecule has 18 heavy (non-hydrogen) atoms. The van der Waals surface area contributed by atoms with E-state index in [0.29, 0.717) is 0 Å². The maximum Gasteiger partial charge on any atom is 0.403 e. The van der Waals surface area contributed by atoms with E-state index in [1.165, 1.54) is 0 Å². The standard InChI is InChI=1S/C6H3ClN4O7/c8-9-3-1-2-4(18-7(12)13)6(11(16)17)5(3)10(14)15/h1-2,5H. The van der Waals surface area contributed by atoms with Crippen molar-refractivity contribution in [3.05, 3.63) is 49.4 Å². The molecule has 1 unspecified atom stereocenters. The van der Waals surface area contributed by atoms with Crippen LogP contribution in [0.25, 0.3) is 5.53 Å². The van der Waals surface area contributed by atoms with Gasteiger partial charge < -0.3 is 14.8 Å². The van der Waals surface area contributed by atoms with Crippen LogP contribution in [0.1, 0.15) is 0 Å². The van der Waals surface area contributed by atoms with E-state index in [0.717, 1.165) is 12.2 Å². The van der Waals surface area contributed by atoms with Crippen molar-refractivity contribution >= 4 is 5.71 Å². The van der Waals surface area contributed by atoms with E-state index < -0.39 is 43.8 Å². The van der Waals surface area contributed by atoms with Crippen LogP contribution in [0.4, 0.5) is 0 Å². The van der Waals surface area contributed by atoms with Gasteiger partial charge in [0, 0.05) is 17.1 Å². The average molecular weight is 279 g/mol. The van der Waals surface area contributed by atoms with Crippen molar-refractivity contribution in [1.82, 2.24) is 0 Å². The fourth-order valence-corrected chi connectivity index (χ4v) is 1.50. The van der Waals surface area contributed by atoms with E-state index in [-0.39, 0.29) is 0 Å². The zero-order chi connectivity index (χ0) is 13.9. The zero-order valence-corrected chi connectivity index (χ0v) is 9.01. The molecule has 0 aromatic carbocycles. The summed E-state index contributed by atoms with van der Waals surface area (Å²) in [5.74, 6) is -0.834. The van der Waals surface area contributed by atoms with E-state index in [2.05, 4.69) is 9.08 Å². The van der Waals surface area contributed by atoms with Crippen LogP contribution in [0.3, 0.4) is 0 Å². The SMILES string of the molecule is [N-]=[N+]=C1C=CC(O[Cl+2]([O-])[O-])=C([N+](=O)[O-])C1[N+](=O)[O-]. The summed E-state index contributed by atoms with van der Waals surface area (Å²) in [6, 6.07) is -2.12. The highest BCUT2D eigenvalue weighted by molar-refractivity contribution is 5.97. The maximum absolute atomic E-state index is 10.7. The number of rotatable bonds is 4. The van der Waals surface area contributed by atoms with Gasteiger partial charge in [-0.1, -0.05) is 4.29 Å². The number of halogens is 1. The molecule has 0 radical (unpaired) electrons. The normalized spacial score (nSPS) is 18.8. The van der Waals surface area contributed by atoms with Gasteiger partial charge in [0.1, 0.15) is 0 Å². The highest BCUT2D eigenvalue weighted by Crippen LogP contribution is 2.21. The summed E-state index contributed by atoms with van der Waals surface area (Å²) in [6.07, 6.45) is 1.60. The molecule has 0 spiro atoms. The molecule has 1 rings (SSSR count). The van der Waals surface area contributed by atoms with Crippen LogP contribution >= 0.6 is 0 Å². The van der Waals surface area contributed by atoms with Crippen LogP contribution in [-0.4, -0.2) is 26.4 Å². The van der Waals surface area contributed by atoms with Crippen molar-refractivity contribution in [1.29, 1.82) is 0 Å². The first-order chi connectivity index (χ1) is 8.38. The Kier molecular flexibility index (Phi) is 4.07. The molecule has 0 aliphatic heterocycles. The first-order valence-electron chi connectivity index (χ1n) is 4.04. The van der Waals surface area contributed by atoms with Gasteiger partial charge >= 0.3 is 34.0 Å². The maximum atomic E-state index is 10.7. The van der Waals surface area contributed by atoms with E-state index >= 15 is 0 Å². The van der Waals surface area contributed by atoms with E-state index in [1.807, 2.05) is 0 Å². The fraction of sp³-hybridized carbons (Fsp3) is 0.167. The molecular formula is C6H3ClN4O7. The molecule has 1 atom stereocenters. The lowest BCUT2D eigenvalue weighted by atomic mass is 10.0. The molecule has 0 bridgehead atoms. The Hall–Kier alpha value is -2.33. The van der Waals surface area contributed by atoms with Gasteiger partial charge in [-0.3, -0.25) is 20.2 Å². The van der Waals surface area contributed by atoms with Crippen LogP contribution in [0.2, 0.25) is 0 Å². The van der Waals surface area contributed by atoms with Crippen LogP contribution < -0.4 is 9.32 Å². The topological polar surface area (TPSA) is 178 Å². The summed E-state index contributed by atoms with van der Waals surface area (Å²) in [6.45, 7) is 0. The monoisotopic (exact) mass is 278 g/mol. The third kappa shape index (κ3) is 2.67. The number of hydrogen-bond acceptors (Lipinski definition) is 7. The predicted octanol–water partition coefficient (Wildman–Crippen LogP) is -2.54. The Morgan fingerprint density at radius 2 is 1.94 bits per heavy atom. The van der Waals surface area contributed by atoms with Crippen molar-refractivity contribution in [2.75, 3.05) is 0 Å². The minimum absolute atomic E-state index is 0.619. The first-order valence-corrected chi connectivity index (χ1v) is 4.97. The van der Waals surface area contributed by atoms with E-state index in [9.17, 15) is 29.5 Å². The number of nitrogens with zero attached hydrogens (tertiary/aromatic N) is 4. The van der Waals surface area contributed by atoms with Crippen LogP contribution in [0, 0.1) is 31.0 Å². The Morgan fingerprint density at radius 3 is 2.33 bits per heavy atom. The zero-order valence-electron chi connectivity index (χ0n) is 8.26. The molecule has 0 amide bonds. The highest BCUT2D eigenvalue weighted by atomic mass is 35.6. The number of allylic oxidation sites excluding steroid dienone is 1. The molecule has 0 aromatic rings. The Labute approximate surface area is 101 Å². The molecule has 0 saturated heterocycles. The van der Waals surface area contributed by atoms with Crippen molar-refractivity contribution in [3.63, 3.8) is 0 Å². The van der Waals surface area contributed by atoms with E-state index in [4.69, 9.17) is 5.53 Å². The van der Waals surface area contributed by atoms with Gasteiger partial charge in [0.05, 0.1) is 4.92 Å². The second-order valence-electron chi connectivity index (χ2n) is 2.82. The molecule has 0 heterocycles. The second-order valence-corrected chi connectivity index (χ2v) is 3.35. The summed E-state index contributed by atoms with van der Waals surface area (Å²) in [4.78, 5) is 21.7. The third-order valence-electron chi connectivity index (χ3n) is 1.87.